The van der Waals surface area contributed by atoms with Gasteiger partial charge in [-0.05, 0) is 55.4 Å². The Labute approximate surface area is 186 Å². The molecule has 0 unspecified atom stereocenters. The summed E-state index contributed by atoms with van der Waals surface area (Å²) >= 11 is 0. The largest absolute Gasteiger partial charge is 0.369 e. The molecule has 1 fully saturated rings. The van der Waals surface area contributed by atoms with Gasteiger partial charge in [-0.3, -0.25) is 14.9 Å². The van der Waals surface area contributed by atoms with E-state index in [0.717, 1.165) is 44.0 Å². The molecule has 1 aliphatic rings. The maximum absolute atomic E-state index is 12.7. The molecule has 9 nitrogen and oxygen atoms in total. The Balaban J connectivity index is 1.42. The van der Waals surface area contributed by atoms with E-state index in [0.29, 0.717) is 5.69 Å². The highest BCUT2D eigenvalue weighted by molar-refractivity contribution is 6.03. The van der Waals surface area contributed by atoms with Gasteiger partial charge < -0.3 is 15.1 Å². The van der Waals surface area contributed by atoms with Gasteiger partial charge in [-0.2, -0.15) is 5.10 Å². The van der Waals surface area contributed by atoms with Crippen LogP contribution < -0.4 is 10.2 Å². The summed E-state index contributed by atoms with van der Waals surface area (Å²) in [5.74, 6) is -0.307. The SMILES string of the molecule is CCN1CCN(c2ccc(NC(=O)c3ccn(-c4ccc([N+](=O)[O-])cc4)n3)c(C)c2)CC1. The van der Waals surface area contributed by atoms with Crippen LogP contribution in [0.3, 0.4) is 0 Å². The van der Waals surface area contributed by atoms with Crippen LogP contribution in [0.25, 0.3) is 5.69 Å². The van der Waals surface area contributed by atoms with E-state index < -0.39 is 4.92 Å². The van der Waals surface area contributed by atoms with Crippen molar-refractivity contribution in [2.45, 2.75) is 13.8 Å². The molecule has 0 atom stereocenters. The van der Waals surface area contributed by atoms with Crippen molar-refractivity contribution in [1.82, 2.24) is 14.7 Å². The monoisotopic (exact) mass is 434 g/mol. The summed E-state index contributed by atoms with van der Waals surface area (Å²) in [5, 5.41) is 18.0. The summed E-state index contributed by atoms with van der Waals surface area (Å²) in [6, 6.07) is 13.7. The van der Waals surface area contributed by atoms with Crippen molar-refractivity contribution in [3.05, 3.63) is 76.1 Å². The van der Waals surface area contributed by atoms with Crippen molar-refractivity contribution < 1.29 is 9.72 Å². The number of hydrogen-bond acceptors (Lipinski definition) is 6. The Hall–Kier alpha value is -3.72. The highest BCUT2D eigenvalue weighted by atomic mass is 16.6. The van der Waals surface area contributed by atoms with Gasteiger partial charge in [-0.15, -0.1) is 0 Å². The first-order valence-corrected chi connectivity index (χ1v) is 10.6. The fourth-order valence-corrected chi connectivity index (χ4v) is 3.81. The number of nitrogens with zero attached hydrogens (tertiary/aromatic N) is 5. The summed E-state index contributed by atoms with van der Waals surface area (Å²) in [6.45, 7) is 9.37. The zero-order valence-corrected chi connectivity index (χ0v) is 18.2. The number of aryl methyl sites for hydroxylation is 1. The van der Waals surface area contributed by atoms with E-state index in [1.165, 1.54) is 22.5 Å². The standard InChI is InChI=1S/C23H26N6O3/c1-3-26-12-14-27(15-13-26)20-8-9-21(17(2)16-20)24-23(30)22-10-11-28(25-22)18-4-6-19(7-5-18)29(31)32/h4-11,16H,3,12-15H2,1-2H3,(H,24,30). The molecule has 2 aromatic carbocycles. The quantitative estimate of drug-likeness (QED) is 0.471. The zero-order valence-electron chi connectivity index (χ0n) is 18.2. The molecular formula is C23H26N6O3. The molecule has 0 saturated carbocycles. The fraction of sp³-hybridized carbons (Fsp3) is 0.304. The predicted octanol–water partition coefficient (Wildman–Crippen LogP) is 3.48. The van der Waals surface area contributed by atoms with Gasteiger partial charge in [0.15, 0.2) is 5.69 Å². The molecule has 4 rings (SSSR count). The third-order valence-corrected chi connectivity index (χ3v) is 5.79. The van der Waals surface area contributed by atoms with Crippen LogP contribution in [-0.4, -0.2) is 58.2 Å². The summed E-state index contributed by atoms with van der Waals surface area (Å²) < 4.78 is 1.52. The van der Waals surface area contributed by atoms with Gasteiger partial charge in [0.25, 0.3) is 11.6 Å². The van der Waals surface area contributed by atoms with E-state index >= 15 is 0 Å². The van der Waals surface area contributed by atoms with E-state index in [1.807, 2.05) is 19.1 Å². The average molecular weight is 435 g/mol. The molecule has 3 aromatic rings. The van der Waals surface area contributed by atoms with E-state index in [-0.39, 0.29) is 17.3 Å². The number of anilines is 2. The molecule has 0 spiro atoms. The van der Waals surface area contributed by atoms with Crippen LogP contribution in [0.2, 0.25) is 0 Å². The lowest BCUT2D eigenvalue weighted by atomic mass is 10.1. The fourth-order valence-electron chi connectivity index (χ4n) is 3.81. The third-order valence-electron chi connectivity index (χ3n) is 5.79. The second-order valence-electron chi connectivity index (χ2n) is 7.79. The molecule has 166 valence electrons. The van der Waals surface area contributed by atoms with Crippen molar-refractivity contribution in [2.24, 2.45) is 0 Å². The van der Waals surface area contributed by atoms with Gasteiger partial charge in [0, 0.05) is 55.9 Å². The Kier molecular flexibility index (Phi) is 6.18. The predicted molar refractivity (Wildman–Crippen MR) is 124 cm³/mol. The summed E-state index contributed by atoms with van der Waals surface area (Å²) in [5.41, 5.74) is 3.81. The Morgan fingerprint density at radius 3 is 2.38 bits per heavy atom. The average Bonchev–Trinajstić information content (AvgIpc) is 3.31. The highest BCUT2D eigenvalue weighted by Gasteiger charge is 2.17. The minimum atomic E-state index is -0.454. The molecular weight excluding hydrogens is 408 g/mol. The lowest BCUT2D eigenvalue weighted by molar-refractivity contribution is -0.384. The van der Waals surface area contributed by atoms with Crippen molar-refractivity contribution in [2.75, 3.05) is 42.9 Å². The van der Waals surface area contributed by atoms with E-state index in [2.05, 4.69) is 33.2 Å². The second kappa shape index (κ2) is 9.19. The number of carbonyl (C=O) groups excluding carboxylic acids is 1. The Bertz CT molecular complexity index is 1120. The number of hydrogen-bond donors (Lipinski definition) is 1. The number of amides is 1. The number of nitrogens with one attached hydrogen (secondary N) is 1. The maximum atomic E-state index is 12.7. The minimum Gasteiger partial charge on any atom is -0.369 e. The van der Waals surface area contributed by atoms with Crippen LogP contribution in [0.4, 0.5) is 17.1 Å². The molecule has 1 aromatic heterocycles. The number of rotatable bonds is 6. The smallest absolute Gasteiger partial charge is 0.276 e. The minimum absolute atomic E-state index is 0.00466. The van der Waals surface area contributed by atoms with Crippen molar-refractivity contribution in [3.8, 4) is 5.69 Å². The second-order valence-corrected chi connectivity index (χ2v) is 7.79. The summed E-state index contributed by atoms with van der Waals surface area (Å²) in [7, 11) is 0. The van der Waals surface area contributed by atoms with Gasteiger partial charge >= 0.3 is 0 Å². The number of non-ortho nitro benzene ring substituents is 1. The molecule has 9 heteroatoms. The number of piperazine rings is 1. The maximum Gasteiger partial charge on any atom is 0.276 e. The van der Waals surface area contributed by atoms with Gasteiger partial charge in [0.05, 0.1) is 10.6 Å². The first-order chi connectivity index (χ1) is 15.4. The van der Waals surface area contributed by atoms with E-state index in [1.54, 1.807) is 24.4 Å². The van der Waals surface area contributed by atoms with Crippen LogP contribution in [0.1, 0.15) is 23.0 Å². The van der Waals surface area contributed by atoms with Gasteiger partial charge in [-0.25, -0.2) is 4.68 Å². The molecule has 1 amide bonds. The molecule has 0 bridgehead atoms. The van der Waals surface area contributed by atoms with E-state index in [9.17, 15) is 14.9 Å². The molecule has 1 aliphatic heterocycles. The van der Waals surface area contributed by atoms with Crippen LogP contribution in [0, 0.1) is 17.0 Å². The molecule has 1 N–H and O–H groups in total. The first-order valence-electron chi connectivity index (χ1n) is 10.6. The van der Waals surface area contributed by atoms with E-state index in [4.69, 9.17) is 0 Å². The van der Waals surface area contributed by atoms with Gasteiger partial charge in [0.2, 0.25) is 0 Å². The lowest BCUT2D eigenvalue weighted by Gasteiger charge is -2.35. The summed E-state index contributed by atoms with van der Waals surface area (Å²) in [4.78, 5) is 27.9. The number of benzene rings is 2. The lowest BCUT2D eigenvalue weighted by Crippen LogP contribution is -2.46. The first kappa shape index (κ1) is 21.5. The molecule has 0 aliphatic carbocycles. The summed E-state index contributed by atoms with van der Waals surface area (Å²) in [6.07, 6.45) is 1.65. The Morgan fingerprint density at radius 1 is 1.06 bits per heavy atom. The molecule has 0 radical (unpaired) electrons. The van der Waals surface area contributed by atoms with Crippen LogP contribution in [-0.2, 0) is 0 Å². The van der Waals surface area contributed by atoms with Crippen molar-refractivity contribution >= 4 is 23.0 Å². The highest BCUT2D eigenvalue weighted by Crippen LogP contribution is 2.24. The number of likely N-dealkylation sites (N-methyl/N-ethyl adjacent to an activating group) is 1. The number of nitro benzene ring substituents is 1. The van der Waals surface area contributed by atoms with Gasteiger partial charge in [-0.1, -0.05) is 6.92 Å². The van der Waals surface area contributed by atoms with Gasteiger partial charge in [0.1, 0.15) is 0 Å². The van der Waals surface area contributed by atoms with Crippen LogP contribution >= 0.6 is 0 Å². The van der Waals surface area contributed by atoms with Crippen molar-refractivity contribution in [1.29, 1.82) is 0 Å². The number of aromatic nitrogens is 2. The number of nitro groups is 1. The zero-order chi connectivity index (χ0) is 22.7. The normalized spacial score (nSPS) is 14.4. The molecule has 2 heterocycles. The van der Waals surface area contributed by atoms with Crippen LogP contribution in [0.15, 0.2) is 54.7 Å². The van der Waals surface area contributed by atoms with Crippen molar-refractivity contribution in [3.63, 3.8) is 0 Å². The molecule has 32 heavy (non-hydrogen) atoms. The topological polar surface area (TPSA) is 96.5 Å². The Morgan fingerprint density at radius 2 is 1.75 bits per heavy atom. The third kappa shape index (κ3) is 4.62. The molecule has 1 saturated heterocycles. The van der Waals surface area contributed by atoms with Crippen LogP contribution in [0.5, 0.6) is 0 Å². The number of carbonyl (C=O) groups is 1.